The van der Waals surface area contributed by atoms with Gasteiger partial charge in [-0.2, -0.15) is 0 Å². The van der Waals surface area contributed by atoms with Gasteiger partial charge in [0, 0.05) is 44.8 Å². The molecule has 65 heavy (non-hydrogen) atoms. The Morgan fingerprint density at radius 2 is 0.985 bits per heavy atom. The normalized spacial score (nSPS) is 13.6. The van der Waals surface area contributed by atoms with E-state index in [2.05, 4.69) is 231 Å². The van der Waals surface area contributed by atoms with Crippen molar-refractivity contribution in [2.24, 2.45) is 0 Å². The van der Waals surface area contributed by atoms with Crippen LogP contribution in [0, 0.1) is 6.92 Å². The van der Waals surface area contributed by atoms with Gasteiger partial charge in [0.05, 0.1) is 5.69 Å². The average molecular weight is 845 g/mol. The summed E-state index contributed by atoms with van der Waals surface area (Å²) in [6, 6.07) is 61.7. The highest BCUT2D eigenvalue weighted by atomic mass is 16.3. The molecule has 11 rings (SSSR count). The van der Waals surface area contributed by atoms with Crippen LogP contribution in [0.15, 0.2) is 168 Å². The second-order valence-corrected chi connectivity index (χ2v) is 21.6. The van der Waals surface area contributed by atoms with Crippen LogP contribution in [0.1, 0.15) is 84.6 Å². The molecule has 0 bridgehead atoms. The predicted octanol–water partition coefficient (Wildman–Crippen LogP) is 15.2. The number of rotatable bonds is 4. The molecule has 2 aliphatic heterocycles. The van der Waals surface area contributed by atoms with Gasteiger partial charge < -0.3 is 14.2 Å². The number of aryl methyl sites for hydroxylation is 1. The molecule has 0 saturated heterocycles. The summed E-state index contributed by atoms with van der Waals surface area (Å²) in [5.74, 6) is 0. The summed E-state index contributed by atoms with van der Waals surface area (Å²) in [5, 5.41) is 2.28. The number of benzene rings is 8. The van der Waals surface area contributed by atoms with E-state index < -0.39 is 0 Å². The topological polar surface area (TPSA) is 19.6 Å². The van der Waals surface area contributed by atoms with Gasteiger partial charge in [-0.1, -0.05) is 159 Å². The van der Waals surface area contributed by atoms with Crippen molar-refractivity contribution >= 4 is 79.2 Å². The van der Waals surface area contributed by atoms with Gasteiger partial charge in [0.25, 0.3) is 6.71 Å². The van der Waals surface area contributed by atoms with Gasteiger partial charge in [0.2, 0.25) is 0 Å². The minimum Gasteiger partial charge on any atom is -0.456 e. The first-order valence-corrected chi connectivity index (χ1v) is 23.3. The minimum atomic E-state index is -0.0397. The Morgan fingerprint density at radius 3 is 1.69 bits per heavy atom. The molecule has 320 valence electrons. The molecule has 3 nitrogen and oxygen atoms in total. The average Bonchev–Trinajstić information content (AvgIpc) is 3.66. The predicted molar refractivity (Wildman–Crippen MR) is 279 cm³/mol. The van der Waals surface area contributed by atoms with E-state index in [0.717, 1.165) is 27.6 Å². The summed E-state index contributed by atoms with van der Waals surface area (Å²) in [5.41, 5.74) is 23.0. The molecule has 0 radical (unpaired) electrons. The van der Waals surface area contributed by atoms with Crippen LogP contribution in [0.2, 0.25) is 0 Å². The maximum atomic E-state index is 6.20. The summed E-state index contributed by atoms with van der Waals surface area (Å²) in [6.45, 7) is 23.2. The molecule has 0 N–H and O–H groups in total. The van der Waals surface area contributed by atoms with E-state index in [9.17, 15) is 0 Å². The van der Waals surface area contributed by atoms with Gasteiger partial charge in [-0.3, -0.25) is 0 Å². The Bertz CT molecular complexity index is 3340. The molecule has 0 amide bonds. The van der Waals surface area contributed by atoms with E-state index in [1.165, 1.54) is 89.3 Å². The molecule has 0 saturated carbocycles. The number of para-hydroxylation sites is 1. The number of furan rings is 1. The highest BCUT2D eigenvalue weighted by molar-refractivity contribution is 7.00. The fourth-order valence-electron chi connectivity index (χ4n) is 10.4. The summed E-state index contributed by atoms with van der Waals surface area (Å²) in [4.78, 5) is 5.14. The lowest BCUT2D eigenvalue weighted by molar-refractivity contribution is 0.590. The van der Waals surface area contributed by atoms with Crippen molar-refractivity contribution in [3.8, 4) is 22.3 Å². The zero-order valence-electron chi connectivity index (χ0n) is 39.5. The van der Waals surface area contributed by atoms with Crippen molar-refractivity contribution in [1.29, 1.82) is 0 Å². The van der Waals surface area contributed by atoms with E-state index in [0.29, 0.717) is 0 Å². The molecule has 0 spiro atoms. The lowest BCUT2D eigenvalue weighted by Gasteiger charge is -2.45. The molecular formula is C61H57BN2O. The van der Waals surface area contributed by atoms with Crippen LogP contribution in [-0.4, -0.2) is 6.71 Å². The number of hydrogen-bond donors (Lipinski definition) is 0. The molecule has 8 aromatic carbocycles. The number of nitrogens with zero attached hydrogens (tertiary/aromatic N) is 2. The zero-order valence-corrected chi connectivity index (χ0v) is 39.5. The Labute approximate surface area is 385 Å². The fraction of sp³-hybridized carbons (Fsp3) is 0.213. The number of anilines is 6. The minimum absolute atomic E-state index is 0.0141. The monoisotopic (exact) mass is 844 g/mol. The van der Waals surface area contributed by atoms with Crippen LogP contribution < -0.4 is 26.2 Å². The van der Waals surface area contributed by atoms with Crippen molar-refractivity contribution < 1.29 is 4.42 Å². The van der Waals surface area contributed by atoms with Gasteiger partial charge >= 0.3 is 0 Å². The van der Waals surface area contributed by atoms with Crippen LogP contribution >= 0.6 is 0 Å². The van der Waals surface area contributed by atoms with E-state index in [1.807, 2.05) is 12.1 Å². The van der Waals surface area contributed by atoms with Crippen LogP contribution in [0.4, 0.5) is 34.1 Å². The van der Waals surface area contributed by atoms with Gasteiger partial charge in [0.15, 0.2) is 0 Å². The van der Waals surface area contributed by atoms with E-state index >= 15 is 0 Å². The molecular weight excluding hydrogens is 787 g/mol. The standard InChI is InChI=1S/C61H57BN2O/c1-38-32-54-58-55(33-38)64(51-29-24-42(59(2,3)4)35-47(51)40-16-12-11-13-17-40)53-37-44(61(8,9)10)23-28-49(53)62(58)50-36-43(60(5,6)7)25-30-52(50)63(54)45-26-20-39(21-27-45)41-22-31-57-48(34-41)46-18-14-15-19-56(46)65-57/h11-37H,1-10H3. The quantitative estimate of drug-likeness (QED) is 0.165. The molecule has 3 heterocycles. The lowest BCUT2D eigenvalue weighted by Crippen LogP contribution is -2.61. The van der Waals surface area contributed by atoms with E-state index in [-0.39, 0.29) is 23.0 Å². The van der Waals surface area contributed by atoms with Gasteiger partial charge in [-0.15, -0.1) is 0 Å². The van der Waals surface area contributed by atoms with E-state index in [1.54, 1.807) is 0 Å². The Hall–Kier alpha value is -6.78. The van der Waals surface area contributed by atoms with Crippen LogP contribution in [0.5, 0.6) is 0 Å². The Morgan fingerprint density at radius 1 is 0.400 bits per heavy atom. The highest BCUT2D eigenvalue weighted by Gasteiger charge is 2.44. The first kappa shape index (κ1) is 41.0. The van der Waals surface area contributed by atoms with Crippen LogP contribution in [0.3, 0.4) is 0 Å². The summed E-state index contributed by atoms with van der Waals surface area (Å²) in [7, 11) is 0. The highest BCUT2D eigenvalue weighted by Crippen LogP contribution is 2.49. The summed E-state index contributed by atoms with van der Waals surface area (Å²) < 4.78 is 6.20. The molecule has 4 heteroatoms. The zero-order chi connectivity index (χ0) is 45.2. The van der Waals surface area contributed by atoms with Crippen molar-refractivity contribution in [2.75, 3.05) is 9.80 Å². The molecule has 0 fully saturated rings. The maximum Gasteiger partial charge on any atom is 0.252 e. The lowest BCUT2D eigenvalue weighted by atomic mass is 9.33. The Kier molecular flexibility index (Phi) is 9.22. The number of fused-ring (bicyclic) bond motifs is 7. The molecule has 0 atom stereocenters. The van der Waals surface area contributed by atoms with Crippen LogP contribution in [0.25, 0.3) is 44.2 Å². The third-order valence-electron chi connectivity index (χ3n) is 14.0. The van der Waals surface area contributed by atoms with Crippen molar-refractivity contribution in [2.45, 2.75) is 85.5 Å². The maximum absolute atomic E-state index is 6.20. The first-order valence-electron chi connectivity index (χ1n) is 23.3. The molecule has 1 aromatic heterocycles. The van der Waals surface area contributed by atoms with Gasteiger partial charge in [0.1, 0.15) is 11.2 Å². The second-order valence-electron chi connectivity index (χ2n) is 21.6. The molecule has 0 unspecified atom stereocenters. The largest absolute Gasteiger partial charge is 0.456 e. The molecule has 0 aliphatic carbocycles. The van der Waals surface area contributed by atoms with Gasteiger partial charge in [-0.05, 0) is 145 Å². The fourth-order valence-corrected chi connectivity index (χ4v) is 10.4. The second kappa shape index (κ2) is 14.6. The third-order valence-corrected chi connectivity index (χ3v) is 14.0. The van der Waals surface area contributed by atoms with Crippen molar-refractivity contribution in [3.63, 3.8) is 0 Å². The van der Waals surface area contributed by atoms with Gasteiger partial charge in [-0.25, -0.2) is 0 Å². The van der Waals surface area contributed by atoms with Crippen molar-refractivity contribution in [3.05, 3.63) is 186 Å². The van der Waals surface area contributed by atoms with Crippen molar-refractivity contribution in [1.82, 2.24) is 0 Å². The van der Waals surface area contributed by atoms with E-state index in [4.69, 9.17) is 4.42 Å². The SMILES string of the molecule is Cc1cc2c3c(c1)N(c1ccc(C(C)(C)C)cc1-c1ccccc1)c1cc(C(C)(C)C)ccc1B3c1cc(C(C)(C)C)ccc1N2c1ccc(-c2ccc3oc4ccccc4c3c2)cc1. The summed E-state index contributed by atoms with van der Waals surface area (Å²) >= 11 is 0. The third kappa shape index (κ3) is 6.80. The number of hydrogen-bond acceptors (Lipinski definition) is 3. The molecule has 2 aliphatic rings. The Balaban J connectivity index is 1.16. The van der Waals surface area contributed by atoms with Crippen LogP contribution in [-0.2, 0) is 16.2 Å². The molecule has 9 aromatic rings. The summed E-state index contributed by atoms with van der Waals surface area (Å²) in [6.07, 6.45) is 0. The smallest absolute Gasteiger partial charge is 0.252 e. The first-order chi connectivity index (χ1) is 31.0.